The Morgan fingerprint density at radius 3 is 1.94 bits per heavy atom. The van der Waals surface area contributed by atoms with Crippen LogP contribution in [-0.2, 0) is 17.9 Å². The van der Waals surface area contributed by atoms with Crippen molar-refractivity contribution < 1.29 is 13.3 Å². The zero-order valence-corrected chi connectivity index (χ0v) is 10.5. The molecule has 4 nitrogen and oxygen atoms in total. The van der Waals surface area contributed by atoms with Crippen LogP contribution in [0.25, 0.3) is 0 Å². The average Bonchev–Trinajstić information content (AvgIpc) is 2.26. The maximum Gasteiger partial charge on any atom is 0.299 e. The van der Waals surface area contributed by atoms with E-state index in [0.29, 0.717) is 0 Å². The summed E-state index contributed by atoms with van der Waals surface area (Å²) in [4.78, 5) is 2.41. The van der Waals surface area contributed by atoms with Crippen molar-refractivity contribution in [2.45, 2.75) is 20.4 Å². The minimum absolute atomic E-state index is 1.08. The van der Waals surface area contributed by atoms with Crippen molar-refractivity contribution in [2.24, 2.45) is 0 Å². The first kappa shape index (κ1) is 15.2. The van der Waals surface area contributed by atoms with Crippen molar-refractivity contribution in [2.75, 3.05) is 13.1 Å². The molecule has 0 atom stereocenters. The van der Waals surface area contributed by atoms with Gasteiger partial charge in [-0.15, -0.1) is 0 Å². The van der Waals surface area contributed by atoms with E-state index in [1.807, 2.05) is 0 Å². The molecule has 0 amide bonds. The van der Waals surface area contributed by atoms with Gasteiger partial charge in [-0.2, -0.15) is 4.21 Å². The Kier molecular flexibility index (Phi) is 9.03. The molecule has 0 unspecified atom stereocenters. The fourth-order valence-corrected chi connectivity index (χ4v) is 1.29. The first-order chi connectivity index (χ1) is 7.60. The average molecular weight is 245 g/mol. The zero-order valence-electron chi connectivity index (χ0n) is 9.67. The predicted octanol–water partition coefficient (Wildman–Crippen LogP) is 2.21. The molecule has 2 N–H and O–H groups in total. The molecule has 5 heteroatoms. The third-order valence-corrected chi connectivity index (χ3v) is 2.14. The summed E-state index contributed by atoms with van der Waals surface area (Å²) in [5, 5.41) is 0. The lowest BCUT2D eigenvalue weighted by Crippen LogP contribution is -2.21. The van der Waals surface area contributed by atoms with Crippen molar-refractivity contribution in [3.05, 3.63) is 35.9 Å². The van der Waals surface area contributed by atoms with Crippen molar-refractivity contribution in [3.8, 4) is 0 Å². The van der Waals surface area contributed by atoms with Gasteiger partial charge in [-0.1, -0.05) is 44.2 Å². The minimum atomic E-state index is -2.61. The lowest BCUT2D eigenvalue weighted by Gasteiger charge is -2.17. The van der Waals surface area contributed by atoms with Crippen LogP contribution in [0.1, 0.15) is 19.4 Å². The maximum absolute atomic E-state index is 8.67. The summed E-state index contributed by atoms with van der Waals surface area (Å²) in [6, 6.07) is 10.6. The van der Waals surface area contributed by atoms with Crippen LogP contribution in [0.4, 0.5) is 0 Å². The molecule has 0 radical (unpaired) electrons. The Balaban J connectivity index is 0.000000487. The van der Waals surface area contributed by atoms with Crippen LogP contribution in [0.15, 0.2) is 30.3 Å². The number of rotatable bonds is 4. The second-order valence-electron chi connectivity index (χ2n) is 3.18. The van der Waals surface area contributed by atoms with Gasteiger partial charge >= 0.3 is 0 Å². The molecule has 0 bridgehead atoms. The van der Waals surface area contributed by atoms with Gasteiger partial charge in [0.2, 0.25) is 0 Å². The number of hydrogen-bond donors (Lipinski definition) is 2. The zero-order chi connectivity index (χ0) is 12.4. The maximum atomic E-state index is 8.67. The molecule has 0 aliphatic carbocycles. The van der Waals surface area contributed by atoms with Gasteiger partial charge in [0.25, 0.3) is 11.4 Å². The van der Waals surface area contributed by atoms with E-state index < -0.39 is 11.4 Å². The highest BCUT2D eigenvalue weighted by atomic mass is 32.2. The smallest absolute Gasteiger partial charge is 0.299 e. The van der Waals surface area contributed by atoms with E-state index in [0.717, 1.165) is 19.6 Å². The molecule has 0 aliphatic rings. The van der Waals surface area contributed by atoms with Crippen LogP contribution < -0.4 is 0 Å². The SMILES string of the molecule is CCN(CC)Cc1ccccc1.O=S(O)O. The van der Waals surface area contributed by atoms with Crippen LogP contribution in [0.3, 0.4) is 0 Å². The highest BCUT2D eigenvalue weighted by molar-refractivity contribution is 7.73. The van der Waals surface area contributed by atoms with E-state index in [-0.39, 0.29) is 0 Å². The fourth-order valence-electron chi connectivity index (χ4n) is 1.29. The Labute approximate surface area is 99.4 Å². The third kappa shape index (κ3) is 8.55. The minimum Gasteiger partial charge on any atom is -0.300 e. The van der Waals surface area contributed by atoms with Gasteiger partial charge in [0.15, 0.2) is 0 Å². The normalized spacial score (nSPS) is 10.1. The second-order valence-corrected chi connectivity index (χ2v) is 3.64. The quantitative estimate of drug-likeness (QED) is 0.798. The molecule has 0 aliphatic heterocycles. The third-order valence-electron chi connectivity index (χ3n) is 2.14. The Morgan fingerprint density at radius 1 is 1.12 bits per heavy atom. The Hall–Kier alpha value is -0.750. The second kappa shape index (κ2) is 9.47. The highest BCUT2D eigenvalue weighted by Gasteiger charge is 1.98. The monoisotopic (exact) mass is 245 g/mol. The first-order valence-corrected chi connectivity index (χ1v) is 6.22. The summed E-state index contributed by atoms with van der Waals surface area (Å²) >= 11 is -2.61. The molecule has 0 heterocycles. The standard InChI is InChI=1S/C11H17N.H2O3S/c1-3-12(4-2)10-11-8-6-5-7-9-11;1-4(2)3/h5-9H,3-4,10H2,1-2H3;(H2,1,2,3). The van der Waals surface area contributed by atoms with Gasteiger partial charge < -0.3 is 0 Å². The summed E-state index contributed by atoms with van der Waals surface area (Å²) in [6.07, 6.45) is 0. The van der Waals surface area contributed by atoms with E-state index in [1.54, 1.807) is 0 Å². The number of hydrogen-bond acceptors (Lipinski definition) is 2. The van der Waals surface area contributed by atoms with Crippen molar-refractivity contribution in [3.63, 3.8) is 0 Å². The van der Waals surface area contributed by atoms with Crippen molar-refractivity contribution in [1.29, 1.82) is 0 Å². The lowest BCUT2D eigenvalue weighted by atomic mass is 10.2. The van der Waals surface area contributed by atoms with E-state index in [2.05, 4.69) is 49.1 Å². The topological polar surface area (TPSA) is 60.8 Å². The molecular weight excluding hydrogens is 226 g/mol. The summed E-state index contributed by atoms with van der Waals surface area (Å²) < 4.78 is 22.8. The molecule has 1 rings (SSSR count). The molecule has 92 valence electrons. The van der Waals surface area contributed by atoms with Crippen LogP contribution in [0.2, 0.25) is 0 Å². The van der Waals surface area contributed by atoms with Gasteiger partial charge in [0, 0.05) is 6.54 Å². The molecule has 0 spiro atoms. The Bertz CT molecular complexity index is 285. The van der Waals surface area contributed by atoms with Gasteiger partial charge in [-0.05, 0) is 18.7 Å². The van der Waals surface area contributed by atoms with Crippen LogP contribution >= 0.6 is 0 Å². The van der Waals surface area contributed by atoms with Gasteiger partial charge in [-0.25, -0.2) is 0 Å². The molecule has 0 fully saturated rings. The van der Waals surface area contributed by atoms with Crippen LogP contribution in [-0.4, -0.2) is 31.3 Å². The van der Waals surface area contributed by atoms with Gasteiger partial charge in [0.05, 0.1) is 0 Å². The van der Waals surface area contributed by atoms with E-state index >= 15 is 0 Å². The number of benzene rings is 1. The van der Waals surface area contributed by atoms with Crippen molar-refractivity contribution in [1.82, 2.24) is 4.90 Å². The molecule has 1 aromatic rings. The van der Waals surface area contributed by atoms with E-state index in [1.165, 1.54) is 5.56 Å². The largest absolute Gasteiger partial charge is 0.300 e. The fraction of sp³-hybridized carbons (Fsp3) is 0.455. The summed E-state index contributed by atoms with van der Waals surface area (Å²) in [5.41, 5.74) is 1.40. The lowest BCUT2D eigenvalue weighted by molar-refractivity contribution is 0.296. The summed E-state index contributed by atoms with van der Waals surface area (Å²) in [5.74, 6) is 0. The summed E-state index contributed by atoms with van der Waals surface area (Å²) in [6.45, 7) is 7.74. The van der Waals surface area contributed by atoms with Crippen molar-refractivity contribution >= 4 is 11.4 Å². The highest BCUT2D eigenvalue weighted by Crippen LogP contribution is 2.02. The molecule has 0 saturated heterocycles. The van der Waals surface area contributed by atoms with Crippen LogP contribution in [0, 0.1) is 0 Å². The number of nitrogens with zero attached hydrogens (tertiary/aromatic N) is 1. The molecule has 1 aromatic carbocycles. The Morgan fingerprint density at radius 2 is 1.56 bits per heavy atom. The summed E-state index contributed by atoms with van der Waals surface area (Å²) in [7, 11) is 0. The van der Waals surface area contributed by atoms with E-state index in [4.69, 9.17) is 13.3 Å². The van der Waals surface area contributed by atoms with E-state index in [9.17, 15) is 0 Å². The first-order valence-electron chi connectivity index (χ1n) is 5.16. The molecule has 0 aromatic heterocycles. The predicted molar refractivity (Wildman–Crippen MR) is 66.5 cm³/mol. The van der Waals surface area contributed by atoms with Gasteiger partial charge in [0.1, 0.15) is 0 Å². The van der Waals surface area contributed by atoms with Crippen LogP contribution in [0.5, 0.6) is 0 Å². The van der Waals surface area contributed by atoms with Gasteiger partial charge in [-0.3, -0.25) is 14.0 Å². The molecular formula is C11H19NO3S. The molecule has 16 heavy (non-hydrogen) atoms. The molecule has 0 saturated carbocycles.